The Hall–Kier alpha value is -7.10. The first-order chi connectivity index (χ1) is 27.1. The second kappa shape index (κ2) is 12.2. The van der Waals surface area contributed by atoms with Gasteiger partial charge in [-0.3, -0.25) is 0 Å². The van der Waals surface area contributed by atoms with Gasteiger partial charge in [0, 0.05) is 32.9 Å². The highest BCUT2D eigenvalue weighted by molar-refractivity contribution is 6.10. The molecule has 258 valence electrons. The Morgan fingerprint density at radius 2 is 1.04 bits per heavy atom. The van der Waals surface area contributed by atoms with E-state index >= 15 is 0 Å². The van der Waals surface area contributed by atoms with Crippen molar-refractivity contribution < 1.29 is 4.42 Å². The first kappa shape index (κ1) is 31.4. The van der Waals surface area contributed by atoms with Crippen molar-refractivity contribution in [2.75, 3.05) is 0 Å². The molecule has 0 radical (unpaired) electrons. The van der Waals surface area contributed by atoms with Gasteiger partial charge in [-0.05, 0) is 93.0 Å². The summed E-state index contributed by atoms with van der Waals surface area (Å²) in [4.78, 5) is 10.5. The van der Waals surface area contributed by atoms with Crippen LogP contribution in [0.5, 0.6) is 0 Å². The summed E-state index contributed by atoms with van der Waals surface area (Å²) in [7, 11) is 0. The lowest BCUT2D eigenvalue weighted by Crippen LogP contribution is -2.22. The molecular formula is C52H34N2O. The van der Waals surface area contributed by atoms with Gasteiger partial charge < -0.3 is 4.42 Å². The van der Waals surface area contributed by atoms with E-state index in [2.05, 4.69) is 177 Å². The molecule has 0 aliphatic heterocycles. The van der Waals surface area contributed by atoms with Crippen LogP contribution >= 0.6 is 0 Å². The zero-order chi connectivity index (χ0) is 36.5. The summed E-state index contributed by atoms with van der Waals surface area (Å²) in [5, 5.41) is 4.64. The first-order valence-electron chi connectivity index (χ1n) is 18.8. The first-order valence-corrected chi connectivity index (χ1v) is 18.8. The quantitative estimate of drug-likeness (QED) is 0.179. The molecule has 0 saturated carbocycles. The lowest BCUT2D eigenvalue weighted by Gasteiger charge is -2.28. The monoisotopic (exact) mass is 702 g/mol. The third-order valence-corrected chi connectivity index (χ3v) is 11.6. The number of hydrogen-bond donors (Lipinski definition) is 0. The van der Waals surface area contributed by atoms with Gasteiger partial charge in [-0.15, -0.1) is 0 Å². The molecule has 8 aromatic carbocycles. The van der Waals surface area contributed by atoms with Gasteiger partial charge in [-0.1, -0.05) is 152 Å². The Bertz CT molecular complexity index is 3110. The molecule has 0 amide bonds. The van der Waals surface area contributed by atoms with Crippen molar-refractivity contribution in [1.29, 1.82) is 0 Å². The maximum Gasteiger partial charge on any atom is 0.160 e. The topological polar surface area (TPSA) is 38.9 Å². The lowest BCUT2D eigenvalue weighted by molar-refractivity contribution is 0.669. The number of rotatable bonds is 5. The molecule has 2 aromatic heterocycles. The fraction of sp³-hybridized carbons (Fsp3) is 0.0385. The van der Waals surface area contributed by atoms with Gasteiger partial charge in [-0.2, -0.15) is 0 Å². The van der Waals surface area contributed by atoms with Crippen molar-refractivity contribution in [3.05, 3.63) is 205 Å². The van der Waals surface area contributed by atoms with Crippen LogP contribution in [-0.4, -0.2) is 9.97 Å². The molecule has 0 fully saturated rings. The summed E-state index contributed by atoms with van der Waals surface area (Å²) in [5.41, 5.74) is 14.9. The van der Waals surface area contributed by atoms with Crippen LogP contribution in [0.25, 0.3) is 88.9 Å². The predicted molar refractivity (Wildman–Crippen MR) is 226 cm³/mol. The normalized spacial score (nSPS) is 14.7. The van der Waals surface area contributed by atoms with Crippen LogP contribution in [0.3, 0.4) is 0 Å². The number of benzene rings is 8. The predicted octanol–water partition coefficient (Wildman–Crippen LogP) is 13.5. The molecule has 3 nitrogen and oxygen atoms in total. The molecule has 1 aliphatic rings. The SMILES string of the molecule is CC1(c2ccccc2)c2ccccc2-c2c(-c3cc(-c4cccc(-c5ccc6c(c5)oc5cc7ccccc7cc56)c4)nc(-c4ccccc4)n3)cccc21. The minimum Gasteiger partial charge on any atom is -0.456 e. The summed E-state index contributed by atoms with van der Waals surface area (Å²) in [5.74, 6) is 0.698. The van der Waals surface area contributed by atoms with Crippen LogP contribution < -0.4 is 0 Å². The largest absolute Gasteiger partial charge is 0.456 e. The van der Waals surface area contributed by atoms with Crippen molar-refractivity contribution in [3.8, 4) is 56.2 Å². The van der Waals surface area contributed by atoms with Crippen LogP contribution in [0.4, 0.5) is 0 Å². The van der Waals surface area contributed by atoms with E-state index < -0.39 is 0 Å². The average Bonchev–Trinajstić information content (AvgIpc) is 3.75. The lowest BCUT2D eigenvalue weighted by atomic mass is 9.74. The molecule has 0 N–H and O–H groups in total. The number of aromatic nitrogens is 2. The molecule has 0 spiro atoms. The Kier molecular flexibility index (Phi) is 6.99. The summed E-state index contributed by atoms with van der Waals surface area (Å²) < 4.78 is 6.45. The van der Waals surface area contributed by atoms with Crippen molar-refractivity contribution in [1.82, 2.24) is 9.97 Å². The smallest absolute Gasteiger partial charge is 0.160 e. The van der Waals surface area contributed by atoms with Crippen molar-refractivity contribution in [2.24, 2.45) is 0 Å². The minimum atomic E-state index is -0.302. The van der Waals surface area contributed by atoms with Gasteiger partial charge in [0.25, 0.3) is 0 Å². The fourth-order valence-electron chi connectivity index (χ4n) is 8.79. The molecule has 2 heterocycles. The van der Waals surface area contributed by atoms with Crippen molar-refractivity contribution in [3.63, 3.8) is 0 Å². The molecular weight excluding hydrogens is 669 g/mol. The maximum atomic E-state index is 6.45. The highest BCUT2D eigenvalue weighted by Crippen LogP contribution is 2.55. The van der Waals surface area contributed by atoms with Gasteiger partial charge in [0.15, 0.2) is 5.82 Å². The Morgan fingerprint density at radius 1 is 0.418 bits per heavy atom. The second-order valence-electron chi connectivity index (χ2n) is 14.7. The molecule has 55 heavy (non-hydrogen) atoms. The molecule has 0 bridgehead atoms. The average molecular weight is 703 g/mol. The summed E-state index contributed by atoms with van der Waals surface area (Å²) >= 11 is 0. The van der Waals surface area contributed by atoms with Crippen LogP contribution in [0.15, 0.2) is 192 Å². The summed E-state index contributed by atoms with van der Waals surface area (Å²) in [6.07, 6.45) is 0. The van der Waals surface area contributed by atoms with E-state index in [1.807, 2.05) is 18.2 Å². The molecule has 10 aromatic rings. The number of hydrogen-bond acceptors (Lipinski definition) is 3. The van der Waals surface area contributed by atoms with Crippen LogP contribution in [0, 0.1) is 0 Å². The number of fused-ring (bicyclic) bond motifs is 7. The highest BCUT2D eigenvalue weighted by Gasteiger charge is 2.41. The van der Waals surface area contributed by atoms with Crippen LogP contribution in [-0.2, 0) is 5.41 Å². The van der Waals surface area contributed by atoms with E-state index in [9.17, 15) is 0 Å². The van der Waals surface area contributed by atoms with Crippen molar-refractivity contribution >= 4 is 32.7 Å². The van der Waals surface area contributed by atoms with E-state index in [1.165, 1.54) is 38.6 Å². The Balaban J connectivity index is 1.07. The van der Waals surface area contributed by atoms with Crippen molar-refractivity contribution in [2.45, 2.75) is 12.3 Å². The van der Waals surface area contributed by atoms with Gasteiger partial charge in [-0.25, -0.2) is 9.97 Å². The van der Waals surface area contributed by atoms with E-state index in [1.54, 1.807) is 0 Å². The summed E-state index contributed by atoms with van der Waals surface area (Å²) in [6.45, 7) is 2.36. The van der Waals surface area contributed by atoms with Gasteiger partial charge in [0.05, 0.1) is 11.4 Å². The molecule has 1 atom stereocenters. The van der Waals surface area contributed by atoms with Crippen LogP contribution in [0.1, 0.15) is 23.6 Å². The minimum absolute atomic E-state index is 0.302. The zero-order valence-corrected chi connectivity index (χ0v) is 30.2. The molecule has 11 rings (SSSR count). The van der Waals surface area contributed by atoms with E-state index in [0.717, 1.165) is 61.1 Å². The van der Waals surface area contributed by atoms with E-state index in [4.69, 9.17) is 14.4 Å². The van der Waals surface area contributed by atoms with Crippen LogP contribution in [0.2, 0.25) is 0 Å². The molecule has 3 heteroatoms. The maximum absolute atomic E-state index is 6.45. The van der Waals surface area contributed by atoms with Gasteiger partial charge in [0.2, 0.25) is 0 Å². The third-order valence-electron chi connectivity index (χ3n) is 11.6. The van der Waals surface area contributed by atoms with E-state index in [-0.39, 0.29) is 5.41 Å². The number of furan rings is 1. The fourth-order valence-corrected chi connectivity index (χ4v) is 8.79. The Morgan fingerprint density at radius 3 is 1.89 bits per heavy atom. The van der Waals surface area contributed by atoms with Gasteiger partial charge >= 0.3 is 0 Å². The molecule has 1 aliphatic carbocycles. The standard InChI is InChI=1S/C52H34N2O/c1-52(39-20-6-3-7-21-39)44-24-11-10-22-41(44)50-42(23-13-25-45(50)52)47-32-46(53-51(54-47)33-14-4-2-5-15-33)38-19-12-18-34(28-38)37-26-27-40-43-29-35-16-8-9-17-36(35)30-49(43)55-48(40)31-37/h2-32H,1H3. The molecule has 0 saturated heterocycles. The number of nitrogens with zero attached hydrogens (tertiary/aromatic N) is 2. The Labute approximate surface area is 319 Å². The zero-order valence-electron chi connectivity index (χ0n) is 30.2. The molecule has 1 unspecified atom stereocenters. The summed E-state index contributed by atoms with van der Waals surface area (Å²) in [6, 6.07) is 66.9. The second-order valence-corrected chi connectivity index (χ2v) is 14.7. The highest BCUT2D eigenvalue weighted by atomic mass is 16.3. The van der Waals surface area contributed by atoms with E-state index in [0.29, 0.717) is 5.82 Å². The third kappa shape index (κ3) is 4.97. The van der Waals surface area contributed by atoms with Gasteiger partial charge in [0.1, 0.15) is 11.2 Å².